The summed E-state index contributed by atoms with van der Waals surface area (Å²) in [5, 5.41) is 14.0. The van der Waals surface area contributed by atoms with Gasteiger partial charge in [0.2, 0.25) is 0 Å². The van der Waals surface area contributed by atoms with E-state index in [1.165, 1.54) is 4.88 Å². The van der Waals surface area contributed by atoms with Crippen molar-refractivity contribution in [2.45, 2.75) is 20.0 Å². The van der Waals surface area contributed by atoms with Crippen LogP contribution in [0.3, 0.4) is 0 Å². The van der Waals surface area contributed by atoms with E-state index in [0.29, 0.717) is 12.2 Å². The summed E-state index contributed by atoms with van der Waals surface area (Å²) >= 11 is 1.60. The fourth-order valence-electron chi connectivity index (χ4n) is 1.57. The van der Waals surface area contributed by atoms with E-state index in [0.717, 1.165) is 16.4 Å². The molecule has 0 fully saturated rings. The summed E-state index contributed by atoms with van der Waals surface area (Å²) in [6.07, 6.45) is -0.560. The van der Waals surface area contributed by atoms with Crippen LogP contribution in [0.15, 0.2) is 24.3 Å². The fraction of sp³-hybridized carbons (Fsp3) is 0.308. The zero-order valence-electron chi connectivity index (χ0n) is 10.5. The molecule has 4 nitrogen and oxygen atoms in total. The van der Waals surface area contributed by atoms with Crippen molar-refractivity contribution in [1.82, 2.24) is 4.98 Å². The van der Waals surface area contributed by atoms with Crippen molar-refractivity contribution in [1.29, 1.82) is 0 Å². The van der Waals surface area contributed by atoms with Gasteiger partial charge in [-0.2, -0.15) is 0 Å². The lowest BCUT2D eigenvalue weighted by atomic mass is 10.1. The second-order valence-corrected chi connectivity index (χ2v) is 5.43. The quantitative estimate of drug-likeness (QED) is 0.741. The SMILES string of the molecule is Cc1nc(NCC(O)c2ccc(N)cc2)sc1C. The largest absolute Gasteiger partial charge is 0.399 e. The van der Waals surface area contributed by atoms with Gasteiger partial charge < -0.3 is 16.2 Å². The summed E-state index contributed by atoms with van der Waals surface area (Å²) < 4.78 is 0. The van der Waals surface area contributed by atoms with Gasteiger partial charge in [-0.15, -0.1) is 11.3 Å². The highest BCUT2D eigenvalue weighted by Gasteiger charge is 2.09. The Kier molecular flexibility index (Phi) is 3.84. The van der Waals surface area contributed by atoms with Crippen molar-refractivity contribution >= 4 is 22.2 Å². The minimum Gasteiger partial charge on any atom is -0.399 e. The van der Waals surface area contributed by atoms with Gasteiger partial charge in [0.05, 0.1) is 11.8 Å². The van der Waals surface area contributed by atoms with E-state index in [9.17, 15) is 5.11 Å². The first kappa shape index (κ1) is 12.9. The average Bonchev–Trinajstić information content (AvgIpc) is 2.67. The van der Waals surface area contributed by atoms with Crippen molar-refractivity contribution in [2.24, 2.45) is 0 Å². The number of nitrogens with two attached hydrogens (primary N) is 1. The molecule has 18 heavy (non-hydrogen) atoms. The topological polar surface area (TPSA) is 71.2 Å². The highest BCUT2D eigenvalue weighted by molar-refractivity contribution is 7.15. The molecule has 0 aliphatic carbocycles. The first-order valence-corrected chi connectivity index (χ1v) is 6.59. The van der Waals surface area contributed by atoms with Gasteiger partial charge in [-0.05, 0) is 31.5 Å². The monoisotopic (exact) mass is 263 g/mol. The lowest BCUT2D eigenvalue weighted by Gasteiger charge is -2.11. The van der Waals surface area contributed by atoms with E-state index in [4.69, 9.17) is 5.73 Å². The van der Waals surface area contributed by atoms with Crippen LogP contribution in [-0.2, 0) is 0 Å². The molecule has 0 bridgehead atoms. The summed E-state index contributed by atoms with van der Waals surface area (Å²) in [6, 6.07) is 7.24. The van der Waals surface area contributed by atoms with E-state index >= 15 is 0 Å². The van der Waals surface area contributed by atoms with Crippen LogP contribution in [0.25, 0.3) is 0 Å². The molecule has 1 unspecified atom stereocenters. The number of benzene rings is 1. The van der Waals surface area contributed by atoms with Crippen molar-refractivity contribution in [2.75, 3.05) is 17.6 Å². The fourth-order valence-corrected chi connectivity index (χ4v) is 2.39. The zero-order chi connectivity index (χ0) is 13.1. The molecule has 1 atom stereocenters. The van der Waals surface area contributed by atoms with Gasteiger partial charge in [0.25, 0.3) is 0 Å². The molecule has 2 rings (SSSR count). The molecule has 0 spiro atoms. The number of hydrogen-bond acceptors (Lipinski definition) is 5. The third-order valence-electron chi connectivity index (χ3n) is 2.80. The van der Waals surface area contributed by atoms with E-state index < -0.39 is 6.10 Å². The van der Waals surface area contributed by atoms with E-state index in [1.54, 1.807) is 23.5 Å². The van der Waals surface area contributed by atoms with Crippen LogP contribution in [0.5, 0.6) is 0 Å². The number of nitrogen functional groups attached to an aromatic ring is 1. The van der Waals surface area contributed by atoms with Gasteiger partial charge in [-0.3, -0.25) is 0 Å². The third kappa shape index (κ3) is 3.00. The molecule has 1 heterocycles. The van der Waals surface area contributed by atoms with Crippen LogP contribution in [0.2, 0.25) is 0 Å². The van der Waals surface area contributed by atoms with Crippen molar-refractivity contribution < 1.29 is 5.11 Å². The number of rotatable bonds is 4. The van der Waals surface area contributed by atoms with Crippen molar-refractivity contribution in [3.8, 4) is 0 Å². The molecular weight excluding hydrogens is 246 g/mol. The van der Waals surface area contributed by atoms with Crippen LogP contribution < -0.4 is 11.1 Å². The van der Waals surface area contributed by atoms with Gasteiger partial charge in [0.1, 0.15) is 0 Å². The molecule has 0 amide bonds. The number of nitrogens with one attached hydrogen (secondary N) is 1. The molecule has 4 N–H and O–H groups in total. The van der Waals surface area contributed by atoms with E-state index in [-0.39, 0.29) is 0 Å². The maximum Gasteiger partial charge on any atom is 0.183 e. The Hall–Kier alpha value is -1.59. The van der Waals surface area contributed by atoms with Crippen LogP contribution >= 0.6 is 11.3 Å². The molecule has 1 aromatic carbocycles. The molecule has 0 saturated heterocycles. The van der Waals surface area contributed by atoms with Crippen LogP contribution in [0.1, 0.15) is 22.2 Å². The zero-order valence-corrected chi connectivity index (χ0v) is 11.3. The van der Waals surface area contributed by atoms with Gasteiger partial charge in [0.15, 0.2) is 5.13 Å². The van der Waals surface area contributed by atoms with Crippen molar-refractivity contribution in [3.63, 3.8) is 0 Å². The molecule has 0 saturated carbocycles. The molecule has 0 aliphatic rings. The van der Waals surface area contributed by atoms with Crippen LogP contribution in [0, 0.1) is 13.8 Å². The number of aromatic nitrogens is 1. The maximum absolute atomic E-state index is 10.0. The Morgan fingerprint density at radius 2 is 2.00 bits per heavy atom. The Bertz CT molecular complexity index is 502. The molecule has 5 heteroatoms. The highest BCUT2D eigenvalue weighted by Crippen LogP contribution is 2.22. The lowest BCUT2D eigenvalue weighted by Crippen LogP contribution is -2.12. The Balaban J connectivity index is 1.95. The first-order valence-electron chi connectivity index (χ1n) is 5.77. The second kappa shape index (κ2) is 5.37. The first-order chi connectivity index (χ1) is 8.56. The minimum atomic E-state index is -0.560. The second-order valence-electron chi connectivity index (χ2n) is 4.22. The number of thiazole rings is 1. The summed E-state index contributed by atoms with van der Waals surface area (Å²) in [7, 11) is 0. The smallest absolute Gasteiger partial charge is 0.183 e. The number of hydrogen-bond donors (Lipinski definition) is 3. The summed E-state index contributed by atoms with van der Waals surface area (Å²) in [5.41, 5.74) is 8.19. The van der Waals surface area contributed by atoms with Gasteiger partial charge in [-0.25, -0.2) is 4.98 Å². The molecule has 96 valence electrons. The summed E-state index contributed by atoms with van der Waals surface area (Å²) in [5.74, 6) is 0. The molecule has 0 aliphatic heterocycles. The Morgan fingerprint density at radius 3 is 2.56 bits per heavy atom. The Morgan fingerprint density at radius 1 is 1.33 bits per heavy atom. The number of aliphatic hydroxyl groups is 1. The Labute approximate surface area is 110 Å². The predicted molar refractivity (Wildman–Crippen MR) is 75.9 cm³/mol. The summed E-state index contributed by atoms with van der Waals surface area (Å²) in [6.45, 7) is 4.46. The number of nitrogens with zero attached hydrogens (tertiary/aromatic N) is 1. The number of aryl methyl sites for hydroxylation is 2. The highest BCUT2D eigenvalue weighted by atomic mass is 32.1. The predicted octanol–water partition coefficient (Wildman–Crippen LogP) is 2.49. The third-order valence-corrected chi connectivity index (χ3v) is 3.83. The normalized spacial score (nSPS) is 12.4. The summed E-state index contributed by atoms with van der Waals surface area (Å²) in [4.78, 5) is 5.56. The molecule has 2 aromatic rings. The van der Waals surface area contributed by atoms with Crippen LogP contribution in [0.4, 0.5) is 10.8 Å². The molecule has 0 radical (unpaired) electrons. The number of aliphatic hydroxyl groups excluding tert-OH is 1. The maximum atomic E-state index is 10.0. The lowest BCUT2D eigenvalue weighted by molar-refractivity contribution is 0.191. The van der Waals surface area contributed by atoms with E-state index in [2.05, 4.69) is 10.3 Å². The van der Waals surface area contributed by atoms with Crippen molar-refractivity contribution in [3.05, 3.63) is 40.4 Å². The minimum absolute atomic E-state index is 0.441. The van der Waals surface area contributed by atoms with Gasteiger partial charge >= 0.3 is 0 Å². The average molecular weight is 263 g/mol. The van der Waals surface area contributed by atoms with Gasteiger partial charge in [0, 0.05) is 17.1 Å². The number of anilines is 2. The molecular formula is C13H17N3OS. The van der Waals surface area contributed by atoms with Crippen LogP contribution in [-0.4, -0.2) is 16.6 Å². The van der Waals surface area contributed by atoms with Gasteiger partial charge in [-0.1, -0.05) is 12.1 Å². The van der Waals surface area contributed by atoms with E-state index in [1.807, 2.05) is 26.0 Å². The molecule has 1 aromatic heterocycles. The standard InChI is InChI=1S/C13H17N3OS/c1-8-9(2)18-13(16-8)15-7-12(17)10-3-5-11(14)6-4-10/h3-6,12,17H,7,14H2,1-2H3,(H,15,16).